The molecule has 2 heterocycles. The number of aryl methyl sites for hydroxylation is 1. The summed E-state index contributed by atoms with van der Waals surface area (Å²) in [4.78, 5) is 14.2. The molecule has 1 aromatic carbocycles. The molecule has 122 valence electrons. The van der Waals surface area contributed by atoms with Crippen LogP contribution in [0.5, 0.6) is 0 Å². The zero-order valence-corrected chi connectivity index (χ0v) is 13.4. The highest BCUT2D eigenvalue weighted by molar-refractivity contribution is 6.30. The summed E-state index contributed by atoms with van der Waals surface area (Å²) >= 11 is 5.66. The summed E-state index contributed by atoms with van der Waals surface area (Å²) in [6, 6.07) is 4.99. The Morgan fingerprint density at radius 1 is 1.35 bits per heavy atom. The van der Waals surface area contributed by atoms with Crippen LogP contribution in [0.2, 0.25) is 5.02 Å². The van der Waals surface area contributed by atoms with E-state index in [1.807, 2.05) is 15.8 Å². The lowest BCUT2D eigenvalue weighted by Crippen LogP contribution is -2.39. The van der Waals surface area contributed by atoms with Crippen LogP contribution in [0, 0.1) is 5.82 Å². The van der Waals surface area contributed by atoms with Crippen molar-refractivity contribution in [3.8, 4) is 0 Å². The van der Waals surface area contributed by atoms with E-state index < -0.39 is 5.82 Å². The van der Waals surface area contributed by atoms with Gasteiger partial charge < -0.3 is 4.90 Å². The van der Waals surface area contributed by atoms with E-state index in [-0.39, 0.29) is 10.9 Å². The molecule has 1 fully saturated rings. The number of nitrogens with zero attached hydrogens (tertiary/aromatic N) is 4. The van der Waals surface area contributed by atoms with Crippen molar-refractivity contribution in [1.29, 1.82) is 0 Å². The van der Waals surface area contributed by atoms with Gasteiger partial charge in [-0.1, -0.05) is 22.9 Å². The lowest BCUT2D eigenvalue weighted by atomic mass is 10.0. The Morgan fingerprint density at radius 2 is 2.13 bits per heavy atom. The first kappa shape index (κ1) is 15.9. The van der Waals surface area contributed by atoms with E-state index in [9.17, 15) is 9.18 Å². The van der Waals surface area contributed by atoms with Crippen LogP contribution >= 0.6 is 11.6 Å². The number of amides is 1. The zero-order valence-electron chi connectivity index (χ0n) is 12.7. The number of likely N-dealkylation sites (tertiary alicyclic amines) is 1. The number of carbonyl (C=O) groups excluding carboxylic acids is 1. The molecule has 1 aliphatic heterocycles. The van der Waals surface area contributed by atoms with Crippen LogP contribution in [0.25, 0.3) is 0 Å². The molecule has 2 aromatic rings. The van der Waals surface area contributed by atoms with Gasteiger partial charge in [0.2, 0.25) is 5.91 Å². The minimum absolute atomic E-state index is 0.107. The minimum Gasteiger partial charge on any atom is -0.343 e. The lowest BCUT2D eigenvalue weighted by molar-refractivity contribution is -0.132. The highest BCUT2D eigenvalue weighted by Gasteiger charge is 2.23. The van der Waals surface area contributed by atoms with Crippen molar-refractivity contribution < 1.29 is 9.18 Å². The third kappa shape index (κ3) is 3.88. The first-order valence-corrected chi connectivity index (χ1v) is 8.09. The second-order valence-electron chi connectivity index (χ2n) is 5.74. The molecule has 0 N–H and O–H groups in total. The topological polar surface area (TPSA) is 51.0 Å². The summed E-state index contributed by atoms with van der Waals surface area (Å²) in [7, 11) is 0. The lowest BCUT2D eigenvalue weighted by Gasteiger charge is -2.32. The van der Waals surface area contributed by atoms with Crippen molar-refractivity contribution in [1.82, 2.24) is 19.9 Å². The number of piperidine rings is 1. The number of carbonyl (C=O) groups is 1. The molecule has 0 atom stereocenters. The second-order valence-corrected chi connectivity index (χ2v) is 6.15. The summed E-state index contributed by atoms with van der Waals surface area (Å²) in [6.45, 7) is 1.44. The summed E-state index contributed by atoms with van der Waals surface area (Å²) in [5.41, 5.74) is 0.790. The standard InChI is InChI=1S/C16H18ClFN4O/c17-14-3-1-12(11-15(14)18)2-4-16(23)21-8-5-13(6-9-21)22-10-7-19-20-22/h1,3,7,10-11,13H,2,4-6,8-9H2. The minimum atomic E-state index is -0.440. The summed E-state index contributed by atoms with van der Waals surface area (Å²) in [5, 5.41) is 7.94. The van der Waals surface area contributed by atoms with Crippen LogP contribution in [0.15, 0.2) is 30.6 Å². The summed E-state index contributed by atoms with van der Waals surface area (Å²) in [5.74, 6) is -0.331. The molecule has 5 nitrogen and oxygen atoms in total. The van der Waals surface area contributed by atoms with Crippen LogP contribution in [0.4, 0.5) is 4.39 Å². The molecule has 0 saturated carbocycles. The highest BCUT2D eigenvalue weighted by Crippen LogP contribution is 2.22. The van der Waals surface area contributed by atoms with Gasteiger partial charge in [0.25, 0.3) is 0 Å². The maximum Gasteiger partial charge on any atom is 0.222 e. The number of halogens is 2. The maximum absolute atomic E-state index is 13.4. The van der Waals surface area contributed by atoms with Gasteiger partial charge in [-0.15, -0.1) is 5.10 Å². The number of rotatable bonds is 4. The Morgan fingerprint density at radius 3 is 2.78 bits per heavy atom. The van der Waals surface area contributed by atoms with Crippen molar-refractivity contribution >= 4 is 17.5 Å². The molecule has 1 aliphatic rings. The van der Waals surface area contributed by atoms with Crippen molar-refractivity contribution in [3.05, 3.63) is 47.0 Å². The molecule has 0 aliphatic carbocycles. The van der Waals surface area contributed by atoms with Crippen molar-refractivity contribution in [2.45, 2.75) is 31.7 Å². The average Bonchev–Trinajstić information content (AvgIpc) is 3.10. The van der Waals surface area contributed by atoms with Gasteiger partial charge in [-0.2, -0.15) is 0 Å². The third-order valence-corrected chi connectivity index (χ3v) is 4.55. The van der Waals surface area contributed by atoms with Gasteiger partial charge in [0.1, 0.15) is 5.82 Å². The van der Waals surface area contributed by atoms with E-state index in [0.717, 1.165) is 31.5 Å². The summed E-state index contributed by atoms with van der Waals surface area (Å²) < 4.78 is 15.3. The van der Waals surface area contributed by atoms with Gasteiger partial charge in [-0.05, 0) is 37.0 Å². The molecule has 1 saturated heterocycles. The first-order chi connectivity index (χ1) is 11.1. The fourth-order valence-corrected chi connectivity index (χ4v) is 3.01. The summed E-state index contributed by atoms with van der Waals surface area (Å²) in [6.07, 6.45) is 6.19. The van der Waals surface area contributed by atoms with E-state index in [2.05, 4.69) is 10.3 Å². The van der Waals surface area contributed by atoms with Crippen LogP contribution in [0.3, 0.4) is 0 Å². The molecule has 0 unspecified atom stereocenters. The Hall–Kier alpha value is -1.95. The third-order valence-electron chi connectivity index (χ3n) is 4.24. The maximum atomic E-state index is 13.4. The molecule has 0 bridgehead atoms. The average molecular weight is 337 g/mol. The number of aromatic nitrogens is 3. The predicted molar refractivity (Wildman–Crippen MR) is 84.6 cm³/mol. The molecular formula is C16H18ClFN4O. The molecule has 3 rings (SSSR count). The molecule has 0 radical (unpaired) electrons. The quantitative estimate of drug-likeness (QED) is 0.862. The highest BCUT2D eigenvalue weighted by atomic mass is 35.5. The fourth-order valence-electron chi connectivity index (χ4n) is 2.90. The molecule has 1 aromatic heterocycles. The van der Waals surface area contributed by atoms with Crippen LogP contribution in [-0.4, -0.2) is 38.9 Å². The van der Waals surface area contributed by atoms with Crippen LogP contribution in [-0.2, 0) is 11.2 Å². The van der Waals surface area contributed by atoms with Gasteiger partial charge in [-0.25, -0.2) is 9.07 Å². The molecule has 7 heteroatoms. The van der Waals surface area contributed by atoms with E-state index >= 15 is 0 Å². The van der Waals surface area contributed by atoms with Crippen molar-refractivity contribution in [2.75, 3.05) is 13.1 Å². The Bertz CT molecular complexity index is 669. The normalized spacial score (nSPS) is 15.8. The smallest absolute Gasteiger partial charge is 0.222 e. The largest absolute Gasteiger partial charge is 0.343 e. The number of hydrogen-bond donors (Lipinski definition) is 0. The van der Waals surface area contributed by atoms with Gasteiger partial charge in [0, 0.05) is 25.7 Å². The Balaban J connectivity index is 1.48. The van der Waals surface area contributed by atoms with E-state index in [4.69, 9.17) is 11.6 Å². The Labute approximate surface area is 139 Å². The van der Waals surface area contributed by atoms with Crippen molar-refractivity contribution in [2.24, 2.45) is 0 Å². The molecular weight excluding hydrogens is 319 g/mol. The predicted octanol–water partition coefficient (Wildman–Crippen LogP) is 2.87. The molecule has 23 heavy (non-hydrogen) atoms. The Kier molecular flexibility index (Phi) is 4.91. The SMILES string of the molecule is O=C(CCc1ccc(Cl)c(F)c1)N1CCC(n2ccnn2)CC1. The van der Waals surface area contributed by atoms with E-state index in [1.165, 1.54) is 12.1 Å². The zero-order chi connectivity index (χ0) is 16.2. The van der Waals surface area contributed by atoms with Crippen LogP contribution < -0.4 is 0 Å². The first-order valence-electron chi connectivity index (χ1n) is 7.71. The van der Waals surface area contributed by atoms with E-state index in [0.29, 0.717) is 18.9 Å². The molecule has 0 spiro atoms. The number of hydrogen-bond acceptors (Lipinski definition) is 3. The molecule has 1 amide bonds. The van der Waals surface area contributed by atoms with E-state index in [1.54, 1.807) is 12.3 Å². The van der Waals surface area contributed by atoms with Gasteiger partial charge in [0.05, 0.1) is 17.3 Å². The second kappa shape index (κ2) is 7.08. The van der Waals surface area contributed by atoms with Crippen molar-refractivity contribution in [3.63, 3.8) is 0 Å². The number of benzene rings is 1. The fraction of sp³-hybridized carbons (Fsp3) is 0.438. The van der Waals surface area contributed by atoms with Gasteiger partial charge >= 0.3 is 0 Å². The van der Waals surface area contributed by atoms with Gasteiger partial charge in [0.15, 0.2) is 0 Å². The van der Waals surface area contributed by atoms with Gasteiger partial charge in [-0.3, -0.25) is 4.79 Å². The monoisotopic (exact) mass is 336 g/mol. The van der Waals surface area contributed by atoms with Crippen LogP contribution in [0.1, 0.15) is 30.9 Å².